The Labute approximate surface area is 99.5 Å². The normalized spacial score (nSPS) is 12.5. The monoisotopic (exact) mass is 220 g/mol. The Bertz CT molecular complexity index is 309. The van der Waals surface area contributed by atoms with Gasteiger partial charge in [0.05, 0.1) is 0 Å². The van der Waals surface area contributed by atoms with Gasteiger partial charge in [-0.15, -0.1) is 0 Å². The Morgan fingerprint density at radius 1 is 1.25 bits per heavy atom. The molecule has 1 atom stereocenters. The number of benzene rings is 1. The second-order valence-corrected chi connectivity index (χ2v) is 4.42. The molecule has 0 amide bonds. The van der Waals surface area contributed by atoms with Crippen molar-refractivity contribution >= 4 is 5.69 Å². The first kappa shape index (κ1) is 13.0. The molecule has 0 spiro atoms. The van der Waals surface area contributed by atoms with Crippen LogP contribution < -0.4 is 10.6 Å². The predicted octanol–water partition coefficient (Wildman–Crippen LogP) is 2.81. The molecule has 0 saturated carbocycles. The Kier molecular flexibility index (Phi) is 5.33. The van der Waals surface area contributed by atoms with Crippen LogP contribution in [-0.4, -0.2) is 19.6 Å². The zero-order chi connectivity index (χ0) is 12.0. The first-order chi connectivity index (χ1) is 7.69. The summed E-state index contributed by atoms with van der Waals surface area (Å²) in [6.45, 7) is 5.44. The third-order valence-corrected chi connectivity index (χ3v) is 2.97. The van der Waals surface area contributed by atoms with E-state index in [1.165, 1.54) is 17.7 Å². The van der Waals surface area contributed by atoms with E-state index >= 15 is 0 Å². The molecule has 0 aliphatic rings. The SMILES string of the molecule is CCCN(C)c1ccccc1CC(N)CC. The van der Waals surface area contributed by atoms with Gasteiger partial charge in [0.15, 0.2) is 0 Å². The molecule has 0 saturated heterocycles. The maximum Gasteiger partial charge on any atom is 0.0396 e. The lowest BCUT2D eigenvalue weighted by Gasteiger charge is -2.23. The molecule has 1 aromatic carbocycles. The van der Waals surface area contributed by atoms with Gasteiger partial charge in [-0.1, -0.05) is 32.0 Å². The molecular weight excluding hydrogens is 196 g/mol. The molecular formula is C14H24N2. The fraction of sp³-hybridized carbons (Fsp3) is 0.571. The second-order valence-electron chi connectivity index (χ2n) is 4.42. The molecule has 1 aromatic rings. The maximum absolute atomic E-state index is 6.03. The summed E-state index contributed by atoms with van der Waals surface area (Å²) in [5.74, 6) is 0. The molecule has 90 valence electrons. The minimum Gasteiger partial charge on any atom is -0.374 e. The Hall–Kier alpha value is -1.02. The first-order valence-corrected chi connectivity index (χ1v) is 6.23. The summed E-state index contributed by atoms with van der Waals surface area (Å²) in [6, 6.07) is 8.85. The highest BCUT2D eigenvalue weighted by Gasteiger charge is 2.08. The van der Waals surface area contributed by atoms with Crippen molar-refractivity contribution in [2.45, 2.75) is 39.2 Å². The molecule has 0 aliphatic carbocycles. The molecule has 1 unspecified atom stereocenters. The van der Waals surface area contributed by atoms with Crippen molar-refractivity contribution in [3.63, 3.8) is 0 Å². The summed E-state index contributed by atoms with van der Waals surface area (Å²) < 4.78 is 0. The summed E-state index contributed by atoms with van der Waals surface area (Å²) in [6.07, 6.45) is 3.18. The second kappa shape index (κ2) is 6.54. The highest BCUT2D eigenvalue weighted by Crippen LogP contribution is 2.20. The van der Waals surface area contributed by atoms with E-state index in [1.54, 1.807) is 0 Å². The van der Waals surface area contributed by atoms with Crippen molar-refractivity contribution in [3.8, 4) is 0 Å². The van der Waals surface area contributed by atoms with Crippen LogP contribution in [0.2, 0.25) is 0 Å². The van der Waals surface area contributed by atoms with E-state index in [4.69, 9.17) is 5.73 Å². The molecule has 0 aromatic heterocycles. The van der Waals surface area contributed by atoms with Crippen LogP contribution in [0.15, 0.2) is 24.3 Å². The molecule has 0 bridgehead atoms. The van der Waals surface area contributed by atoms with Crippen LogP contribution in [0.4, 0.5) is 5.69 Å². The molecule has 1 rings (SSSR count). The lowest BCUT2D eigenvalue weighted by Crippen LogP contribution is -2.24. The summed E-state index contributed by atoms with van der Waals surface area (Å²) in [5, 5.41) is 0. The maximum atomic E-state index is 6.03. The van der Waals surface area contributed by atoms with Gasteiger partial charge in [-0.3, -0.25) is 0 Å². The molecule has 0 fully saturated rings. The van der Waals surface area contributed by atoms with Gasteiger partial charge in [-0.25, -0.2) is 0 Å². The zero-order valence-corrected chi connectivity index (χ0v) is 10.7. The number of nitrogens with two attached hydrogens (primary N) is 1. The molecule has 0 heterocycles. The van der Waals surface area contributed by atoms with E-state index in [0.29, 0.717) is 0 Å². The first-order valence-electron chi connectivity index (χ1n) is 6.23. The number of nitrogens with zero attached hydrogens (tertiary/aromatic N) is 1. The highest BCUT2D eigenvalue weighted by atomic mass is 15.1. The van der Waals surface area contributed by atoms with Gasteiger partial charge in [-0.05, 0) is 30.9 Å². The van der Waals surface area contributed by atoms with Gasteiger partial charge >= 0.3 is 0 Å². The van der Waals surface area contributed by atoms with Gasteiger partial charge < -0.3 is 10.6 Å². The van der Waals surface area contributed by atoms with E-state index in [2.05, 4.69) is 50.1 Å². The van der Waals surface area contributed by atoms with Crippen LogP contribution in [0.3, 0.4) is 0 Å². The van der Waals surface area contributed by atoms with Crippen LogP contribution in [0, 0.1) is 0 Å². The van der Waals surface area contributed by atoms with Crippen LogP contribution in [0.1, 0.15) is 32.3 Å². The Morgan fingerprint density at radius 3 is 2.56 bits per heavy atom. The van der Waals surface area contributed by atoms with Crippen molar-refractivity contribution in [2.24, 2.45) is 5.73 Å². The molecule has 2 heteroatoms. The quantitative estimate of drug-likeness (QED) is 0.798. The van der Waals surface area contributed by atoms with Crippen molar-refractivity contribution in [1.82, 2.24) is 0 Å². The summed E-state index contributed by atoms with van der Waals surface area (Å²) >= 11 is 0. The van der Waals surface area contributed by atoms with Crippen LogP contribution in [-0.2, 0) is 6.42 Å². The van der Waals surface area contributed by atoms with Gasteiger partial charge in [0.1, 0.15) is 0 Å². The van der Waals surface area contributed by atoms with E-state index in [0.717, 1.165) is 19.4 Å². The number of rotatable bonds is 6. The van der Waals surface area contributed by atoms with Gasteiger partial charge in [0.2, 0.25) is 0 Å². The van der Waals surface area contributed by atoms with Crippen molar-refractivity contribution in [2.75, 3.05) is 18.5 Å². The third-order valence-electron chi connectivity index (χ3n) is 2.97. The number of anilines is 1. The molecule has 0 aliphatic heterocycles. The van der Waals surface area contributed by atoms with Gasteiger partial charge in [0, 0.05) is 25.3 Å². The van der Waals surface area contributed by atoms with Crippen LogP contribution in [0.5, 0.6) is 0 Å². The third kappa shape index (κ3) is 3.53. The van der Waals surface area contributed by atoms with Crippen molar-refractivity contribution in [3.05, 3.63) is 29.8 Å². The summed E-state index contributed by atoms with van der Waals surface area (Å²) in [4.78, 5) is 2.32. The smallest absolute Gasteiger partial charge is 0.0396 e. The Morgan fingerprint density at radius 2 is 1.94 bits per heavy atom. The fourth-order valence-electron chi connectivity index (χ4n) is 1.94. The molecule has 16 heavy (non-hydrogen) atoms. The lowest BCUT2D eigenvalue weighted by atomic mass is 10.0. The number of hydrogen-bond acceptors (Lipinski definition) is 2. The average Bonchev–Trinajstić information content (AvgIpc) is 2.30. The largest absolute Gasteiger partial charge is 0.374 e. The minimum absolute atomic E-state index is 0.274. The average molecular weight is 220 g/mol. The number of hydrogen-bond donors (Lipinski definition) is 1. The Balaban J connectivity index is 2.82. The summed E-state index contributed by atoms with van der Waals surface area (Å²) in [5.41, 5.74) is 8.72. The van der Waals surface area contributed by atoms with Crippen molar-refractivity contribution in [1.29, 1.82) is 0 Å². The summed E-state index contributed by atoms with van der Waals surface area (Å²) in [7, 11) is 2.15. The van der Waals surface area contributed by atoms with Crippen molar-refractivity contribution < 1.29 is 0 Å². The molecule has 2 nitrogen and oxygen atoms in total. The van der Waals surface area contributed by atoms with E-state index < -0.39 is 0 Å². The molecule has 2 N–H and O–H groups in total. The molecule has 0 radical (unpaired) electrons. The predicted molar refractivity (Wildman–Crippen MR) is 72.0 cm³/mol. The zero-order valence-electron chi connectivity index (χ0n) is 10.7. The minimum atomic E-state index is 0.274. The van der Waals surface area contributed by atoms with Crippen LogP contribution in [0.25, 0.3) is 0 Å². The van der Waals surface area contributed by atoms with Gasteiger partial charge in [-0.2, -0.15) is 0 Å². The lowest BCUT2D eigenvalue weighted by molar-refractivity contribution is 0.645. The fourth-order valence-corrected chi connectivity index (χ4v) is 1.94. The standard InChI is InChI=1S/C14H24N2/c1-4-10-16(3)14-9-7-6-8-12(14)11-13(15)5-2/h6-9,13H,4-5,10-11,15H2,1-3H3. The van der Waals surface area contributed by atoms with Gasteiger partial charge in [0.25, 0.3) is 0 Å². The van der Waals surface area contributed by atoms with E-state index in [1.807, 2.05) is 0 Å². The van der Waals surface area contributed by atoms with E-state index in [-0.39, 0.29) is 6.04 Å². The topological polar surface area (TPSA) is 29.3 Å². The van der Waals surface area contributed by atoms with Crippen LogP contribution >= 0.6 is 0 Å². The number of para-hydroxylation sites is 1. The van der Waals surface area contributed by atoms with E-state index in [9.17, 15) is 0 Å². The highest BCUT2D eigenvalue weighted by molar-refractivity contribution is 5.53.